The summed E-state index contributed by atoms with van der Waals surface area (Å²) in [6.07, 6.45) is -5.23. The number of cyclic esters (lactones) is 2. The molecule has 0 aromatic carbocycles. The van der Waals surface area contributed by atoms with Crippen LogP contribution in [-0.4, -0.2) is 42.6 Å². The van der Waals surface area contributed by atoms with Gasteiger partial charge in [-0.2, -0.15) is 13.2 Å². The van der Waals surface area contributed by atoms with Gasteiger partial charge in [-0.05, 0) is 13.0 Å². The number of hydrogen-bond donors (Lipinski definition) is 0. The Morgan fingerprint density at radius 2 is 1.73 bits per heavy atom. The third-order valence-electron chi connectivity index (χ3n) is 1.87. The first-order valence-electron chi connectivity index (χ1n) is 4.39. The zero-order valence-electron chi connectivity index (χ0n) is 7.84. The van der Waals surface area contributed by atoms with E-state index in [0.717, 1.165) is 0 Å². The summed E-state index contributed by atoms with van der Waals surface area (Å²) < 4.78 is 39.6. The normalized spacial score (nSPS) is 19.1. The molecule has 1 heterocycles. The molecule has 0 aromatic heterocycles. The maximum Gasteiger partial charge on any atom is 0.389 e. The standard InChI is InChI=1S/C8H10F3NO3/c9-8(10,11)2-1-3-12-4-6(13)15-7(14)5-12/h1-5H2. The van der Waals surface area contributed by atoms with Gasteiger partial charge in [0, 0.05) is 6.42 Å². The van der Waals surface area contributed by atoms with Gasteiger partial charge in [-0.15, -0.1) is 0 Å². The molecule has 4 nitrogen and oxygen atoms in total. The van der Waals surface area contributed by atoms with Crippen LogP contribution < -0.4 is 0 Å². The highest BCUT2D eigenvalue weighted by molar-refractivity contribution is 5.90. The molecule has 15 heavy (non-hydrogen) atoms. The second kappa shape index (κ2) is 4.61. The van der Waals surface area contributed by atoms with Crippen LogP contribution in [0.25, 0.3) is 0 Å². The van der Waals surface area contributed by atoms with Crippen molar-refractivity contribution in [2.45, 2.75) is 19.0 Å². The number of rotatable bonds is 3. The van der Waals surface area contributed by atoms with E-state index in [4.69, 9.17) is 0 Å². The largest absolute Gasteiger partial charge is 0.391 e. The van der Waals surface area contributed by atoms with Crippen LogP contribution in [0.15, 0.2) is 0 Å². The van der Waals surface area contributed by atoms with Gasteiger partial charge in [0.25, 0.3) is 0 Å². The Hall–Kier alpha value is -1.11. The van der Waals surface area contributed by atoms with Crippen molar-refractivity contribution in [3.63, 3.8) is 0 Å². The lowest BCUT2D eigenvalue weighted by atomic mass is 10.2. The number of ether oxygens (including phenoxy) is 1. The first kappa shape index (κ1) is 12.0. The van der Waals surface area contributed by atoms with E-state index in [-0.39, 0.29) is 26.1 Å². The summed E-state index contributed by atoms with van der Waals surface area (Å²) in [5, 5.41) is 0. The lowest BCUT2D eigenvalue weighted by Crippen LogP contribution is -2.43. The van der Waals surface area contributed by atoms with Crippen LogP contribution in [-0.2, 0) is 14.3 Å². The molecule has 0 atom stereocenters. The van der Waals surface area contributed by atoms with Crippen LogP contribution in [0.5, 0.6) is 0 Å². The molecule has 86 valence electrons. The summed E-state index contributed by atoms with van der Waals surface area (Å²) in [4.78, 5) is 22.8. The van der Waals surface area contributed by atoms with Crippen molar-refractivity contribution in [2.24, 2.45) is 0 Å². The first-order valence-corrected chi connectivity index (χ1v) is 4.39. The van der Waals surface area contributed by atoms with Crippen molar-refractivity contribution in [2.75, 3.05) is 19.6 Å². The Balaban J connectivity index is 2.27. The Morgan fingerprint density at radius 3 is 2.20 bits per heavy atom. The van der Waals surface area contributed by atoms with E-state index in [9.17, 15) is 22.8 Å². The Bertz CT molecular complexity index is 248. The number of nitrogens with zero attached hydrogens (tertiary/aromatic N) is 1. The number of carbonyl (C=O) groups excluding carboxylic acids is 2. The number of esters is 2. The molecule has 1 aliphatic heterocycles. The second-order valence-electron chi connectivity index (χ2n) is 3.28. The fourth-order valence-electron chi connectivity index (χ4n) is 1.27. The van der Waals surface area contributed by atoms with E-state index in [1.165, 1.54) is 4.90 Å². The lowest BCUT2D eigenvalue weighted by Gasteiger charge is -2.23. The number of carbonyl (C=O) groups is 2. The average molecular weight is 225 g/mol. The predicted octanol–water partition coefficient (Wildman–Crippen LogP) is 0.714. The SMILES string of the molecule is O=C1CN(CCCC(F)(F)F)CC(=O)O1. The second-order valence-corrected chi connectivity index (χ2v) is 3.28. The molecule has 7 heteroatoms. The highest BCUT2D eigenvalue weighted by Crippen LogP contribution is 2.21. The summed E-state index contributed by atoms with van der Waals surface area (Å²) in [6.45, 7) is -0.173. The number of morpholine rings is 1. The topological polar surface area (TPSA) is 46.6 Å². The fraction of sp³-hybridized carbons (Fsp3) is 0.750. The van der Waals surface area contributed by atoms with Gasteiger partial charge in [0.2, 0.25) is 0 Å². The molecule has 1 rings (SSSR count). The molecule has 0 aromatic rings. The van der Waals surface area contributed by atoms with Crippen molar-refractivity contribution >= 4 is 11.9 Å². The summed E-state index contributed by atoms with van der Waals surface area (Å²) in [7, 11) is 0. The van der Waals surface area contributed by atoms with E-state index in [1.807, 2.05) is 0 Å². The van der Waals surface area contributed by atoms with E-state index >= 15 is 0 Å². The molecule has 1 aliphatic rings. The van der Waals surface area contributed by atoms with Crippen molar-refractivity contribution in [3.05, 3.63) is 0 Å². The summed E-state index contributed by atoms with van der Waals surface area (Å²) in [5.41, 5.74) is 0. The van der Waals surface area contributed by atoms with Gasteiger partial charge in [0.15, 0.2) is 0 Å². The van der Waals surface area contributed by atoms with Crippen LogP contribution in [0.2, 0.25) is 0 Å². The van der Waals surface area contributed by atoms with Gasteiger partial charge >= 0.3 is 18.1 Å². The van der Waals surface area contributed by atoms with Gasteiger partial charge in [-0.3, -0.25) is 14.5 Å². The molecular formula is C8H10F3NO3. The molecule has 0 radical (unpaired) electrons. The highest BCUT2D eigenvalue weighted by Gasteiger charge is 2.28. The van der Waals surface area contributed by atoms with E-state index in [0.29, 0.717) is 0 Å². The van der Waals surface area contributed by atoms with Gasteiger partial charge in [-0.1, -0.05) is 0 Å². The summed E-state index contributed by atoms with van der Waals surface area (Å²) >= 11 is 0. The number of alkyl halides is 3. The minimum atomic E-state index is -4.19. The van der Waals surface area contributed by atoms with Gasteiger partial charge < -0.3 is 4.74 Å². The molecule has 0 spiro atoms. The number of hydrogen-bond acceptors (Lipinski definition) is 4. The van der Waals surface area contributed by atoms with Crippen molar-refractivity contribution in [3.8, 4) is 0 Å². The quantitative estimate of drug-likeness (QED) is 0.524. The molecule has 1 fully saturated rings. The van der Waals surface area contributed by atoms with Crippen molar-refractivity contribution in [1.29, 1.82) is 0 Å². The first-order chi connectivity index (χ1) is 6.87. The maximum absolute atomic E-state index is 11.8. The summed E-state index contributed by atoms with van der Waals surface area (Å²) in [6, 6.07) is 0. The summed E-state index contributed by atoms with van der Waals surface area (Å²) in [5.74, 6) is -1.42. The smallest absolute Gasteiger partial charge is 0.389 e. The zero-order chi connectivity index (χ0) is 11.5. The van der Waals surface area contributed by atoms with Gasteiger partial charge in [0.05, 0.1) is 13.1 Å². The zero-order valence-corrected chi connectivity index (χ0v) is 7.84. The molecule has 0 N–H and O–H groups in total. The van der Waals surface area contributed by atoms with E-state index < -0.39 is 24.5 Å². The van der Waals surface area contributed by atoms with Gasteiger partial charge in [-0.25, -0.2) is 0 Å². The van der Waals surface area contributed by atoms with E-state index in [1.54, 1.807) is 0 Å². The monoisotopic (exact) mass is 225 g/mol. The van der Waals surface area contributed by atoms with Crippen LogP contribution in [0.4, 0.5) is 13.2 Å². The molecule has 1 saturated heterocycles. The third kappa shape index (κ3) is 4.78. The maximum atomic E-state index is 11.8. The van der Waals surface area contributed by atoms with Crippen LogP contribution in [0, 0.1) is 0 Å². The molecular weight excluding hydrogens is 215 g/mol. The minimum Gasteiger partial charge on any atom is -0.391 e. The molecule has 0 aliphatic carbocycles. The third-order valence-corrected chi connectivity index (χ3v) is 1.87. The van der Waals surface area contributed by atoms with Crippen LogP contribution in [0.3, 0.4) is 0 Å². The predicted molar refractivity (Wildman–Crippen MR) is 42.8 cm³/mol. The van der Waals surface area contributed by atoms with Crippen molar-refractivity contribution < 1.29 is 27.5 Å². The lowest BCUT2D eigenvalue weighted by molar-refractivity contribution is -0.167. The molecule has 0 bridgehead atoms. The van der Waals surface area contributed by atoms with Crippen molar-refractivity contribution in [1.82, 2.24) is 4.90 Å². The highest BCUT2D eigenvalue weighted by atomic mass is 19.4. The van der Waals surface area contributed by atoms with E-state index in [2.05, 4.69) is 4.74 Å². The van der Waals surface area contributed by atoms with Gasteiger partial charge in [0.1, 0.15) is 0 Å². The minimum absolute atomic E-state index is 0.0698. The fourth-order valence-corrected chi connectivity index (χ4v) is 1.27. The Kier molecular flexibility index (Phi) is 3.67. The number of halogens is 3. The molecule has 0 unspecified atom stereocenters. The Morgan fingerprint density at radius 1 is 1.20 bits per heavy atom. The molecule has 0 saturated carbocycles. The Labute approximate surface area is 84.0 Å². The molecule has 0 amide bonds. The van der Waals surface area contributed by atoms with Crippen LogP contribution in [0.1, 0.15) is 12.8 Å². The van der Waals surface area contributed by atoms with Crippen LogP contribution >= 0.6 is 0 Å². The average Bonchev–Trinajstić information content (AvgIpc) is 1.99.